The average Bonchev–Trinajstić information content (AvgIpc) is 2.69. The van der Waals surface area contributed by atoms with Gasteiger partial charge in [-0.3, -0.25) is 4.79 Å². The molecule has 5 N–H and O–H groups in total. The van der Waals surface area contributed by atoms with Crippen LogP contribution in [0.15, 0.2) is 33.5 Å². The number of hydrogen-bond acceptors (Lipinski definition) is 9. The molecule has 5 unspecified atom stereocenters. The minimum absolute atomic E-state index is 0.0144. The van der Waals surface area contributed by atoms with Crippen LogP contribution in [0, 0.1) is 13.8 Å². The Morgan fingerprint density at radius 1 is 0.967 bits per heavy atom. The van der Waals surface area contributed by atoms with E-state index in [-0.39, 0.29) is 22.5 Å². The number of aryl methyl sites for hydroxylation is 2. The molecule has 0 amide bonds. The highest BCUT2D eigenvalue weighted by Gasteiger charge is 2.45. The Hall–Kier alpha value is -2.69. The fraction of sp³-hybridized carbons (Fsp3) is 0.381. The molecule has 0 radical (unpaired) electrons. The van der Waals surface area contributed by atoms with Gasteiger partial charge in [-0.2, -0.15) is 0 Å². The van der Waals surface area contributed by atoms with Crippen LogP contribution in [0.3, 0.4) is 0 Å². The van der Waals surface area contributed by atoms with Gasteiger partial charge in [0, 0.05) is 12.1 Å². The van der Waals surface area contributed by atoms with Gasteiger partial charge in [-0.1, -0.05) is 0 Å². The molecule has 4 rings (SSSR count). The van der Waals surface area contributed by atoms with Crippen LogP contribution in [0.4, 0.5) is 0 Å². The summed E-state index contributed by atoms with van der Waals surface area (Å²) in [6.07, 6.45) is -7.56. The highest BCUT2D eigenvalue weighted by Crippen LogP contribution is 2.34. The first-order chi connectivity index (χ1) is 14.2. The number of hydrogen-bond donors (Lipinski definition) is 5. The van der Waals surface area contributed by atoms with E-state index in [2.05, 4.69) is 0 Å². The summed E-state index contributed by atoms with van der Waals surface area (Å²) in [4.78, 5) is 13.2. The van der Waals surface area contributed by atoms with Crippen LogP contribution in [0.2, 0.25) is 0 Å². The van der Waals surface area contributed by atoms with Gasteiger partial charge >= 0.3 is 0 Å². The van der Waals surface area contributed by atoms with Gasteiger partial charge < -0.3 is 39.4 Å². The van der Waals surface area contributed by atoms with Gasteiger partial charge in [0.05, 0.1) is 12.0 Å². The second kappa shape index (κ2) is 7.53. The predicted octanol–water partition coefficient (Wildman–Crippen LogP) is 0.447. The quantitative estimate of drug-likeness (QED) is 0.382. The number of phenols is 1. The lowest BCUT2D eigenvalue weighted by Crippen LogP contribution is -2.60. The second-order valence-electron chi connectivity index (χ2n) is 7.50. The van der Waals surface area contributed by atoms with E-state index >= 15 is 0 Å². The van der Waals surface area contributed by atoms with Crippen LogP contribution >= 0.6 is 0 Å². The smallest absolute Gasteiger partial charge is 0.229 e. The van der Waals surface area contributed by atoms with E-state index < -0.39 is 42.7 Å². The first kappa shape index (κ1) is 20.6. The Morgan fingerprint density at radius 3 is 2.37 bits per heavy atom. The molecular weight excluding hydrogens is 396 g/mol. The zero-order valence-corrected chi connectivity index (χ0v) is 16.3. The van der Waals surface area contributed by atoms with Crippen LogP contribution < -0.4 is 10.2 Å². The SMILES string of the molecule is Cc1cc2oc3cc(O)cc(OC4OC(CO)C(O)C(O)C4O)c3c(=O)c2cc1C. The molecule has 0 spiro atoms. The van der Waals surface area contributed by atoms with Gasteiger partial charge in [0.15, 0.2) is 0 Å². The first-order valence-corrected chi connectivity index (χ1v) is 9.39. The molecule has 2 heterocycles. The number of aliphatic hydroxyl groups excluding tert-OH is 4. The number of aliphatic hydroxyl groups is 4. The fourth-order valence-corrected chi connectivity index (χ4v) is 3.57. The van der Waals surface area contributed by atoms with Crippen LogP contribution in [0.1, 0.15) is 11.1 Å². The van der Waals surface area contributed by atoms with E-state index in [0.29, 0.717) is 11.0 Å². The highest BCUT2D eigenvalue weighted by atomic mass is 16.7. The standard InChI is InChI=1S/C21H22O9/c1-8-3-11-12(4-9(8)2)28-13-5-10(23)6-14(16(13)17(11)24)29-21-20(27)19(26)18(25)15(7-22)30-21/h3-6,15,18-23,25-27H,7H2,1-2H3. The predicted molar refractivity (Wildman–Crippen MR) is 106 cm³/mol. The van der Waals surface area contributed by atoms with Crippen molar-refractivity contribution in [1.29, 1.82) is 0 Å². The number of aromatic hydroxyl groups is 1. The normalized spacial score (nSPS) is 26.9. The number of ether oxygens (including phenoxy) is 2. The zero-order valence-electron chi connectivity index (χ0n) is 16.3. The second-order valence-corrected chi connectivity index (χ2v) is 7.50. The lowest BCUT2D eigenvalue weighted by atomic mass is 9.99. The molecule has 1 saturated heterocycles. The van der Waals surface area contributed by atoms with Crippen molar-refractivity contribution >= 4 is 21.9 Å². The van der Waals surface area contributed by atoms with E-state index in [4.69, 9.17) is 13.9 Å². The summed E-state index contributed by atoms with van der Waals surface area (Å²) in [6, 6.07) is 5.85. The minimum Gasteiger partial charge on any atom is -0.508 e. The molecule has 0 aliphatic carbocycles. The number of rotatable bonds is 3. The lowest BCUT2D eigenvalue weighted by molar-refractivity contribution is -0.277. The molecule has 0 bridgehead atoms. The van der Waals surface area contributed by atoms with Crippen molar-refractivity contribution in [3.05, 3.63) is 45.6 Å². The van der Waals surface area contributed by atoms with Crippen molar-refractivity contribution < 1.29 is 39.4 Å². The summed E-state index contributed by atoms with van der Waals surface area (Å²) in [7, 11) is 0. The van der Waals surface area contributed by atoms with Crippen molar-refractivity contribution in [2.24, 2.45) is 0 Å². The summed E-state index contributed by atoms with van der Waals surface area (Å²) in [5, 5.41) is 49.9. The van der Waals surface area contributed by atoms with Gasteiger partial charge in [0.1, 0.15) is 52.5 Å². The van der Waals surface area contributed by atoms with Crippen molar-refractivity contribution in [2.45, 2.75) is 44.6 Å². The number of phenolic OH excluding ortho intramolecular Hbond substituents is 1. The molecule has 9 nitrogen and oxygen atoms in total. The molecular formula is C21H22O9. The van der Waals surface area contributed by atoms with E-state index in [1.165, 1.54) is 6.07 Å². The van der Waals surface area contributed by atoms with Gasteiger partial charge in [0.2, 0.25) is 11.7 Å². The van der Waals surface area contributed by atoms with Gasteiger partial charge in [-0.25, -0.2) is 0 Å². The molecule has 9 heteroatoms. The summed E-state index contributed by atoms with van der Waals surface area (Å²) in [6.45, 7) is 3.12. The Bertz CT molecular complexity index is 1170. The number of fused-ring (bicyclic) bond motifs is 2. The van der Waals surface area contributed by atoms with Crippen molar-refractivity contribution in [3.63, 3.8) is 0 Å². The Labute approximate surface area is 170 Å². The Kier molecular flexibility index (Phi) is 5.16. The maximum atomic E-state index is 13.2. The zero-order chi connectivity index (χ0) is 21.7. The summed E-state index contributed by atoms with van der Waals surface area (Å²) >= 11 is 0. The van der Waals surface area contributed by atoms with Crippen molar-refractivity contribution in [2.75, 3.05) is 6.61 Å². The fourth-order valence-electron chi connectivity index (χ4n) is 3.57. The van der Waals surface area contributed by atoms with Gasteiger partial charge in [-0.05, 0) is 37.1 Å². The van der Waals surface area contributed by atoms with E-state index in [1.807, 2.05) is 13.8 Å². The summed E-state index contributed by atoms with van der Waals surface area (Å²) in [5.74, 6) is -0.392. The Morgan fingerprint density at radius 2 is 1.67 bits per heavy atom. The van der Waals surface area contributed by atoms with Crippen LogP contribution in [0.5, 0.6) is 11.5 Å². The maximum absolute atomic E-state index is 13.2. The van der Waals surface area contributed by atoms with E-state index in [1.54, 1.807) is 12.1 Å². The molecule has 2 aromatic carbocycles. The maximum Gasteiger partial charge on any atom is 0.229 e. The molecule has 1 fully saturated rings. The van der Waals surface area contributed by atoms with Crippen molar-refractivity contribution in [3.8, 4) is 11.5 Å². The minimum atomic E-state index is -1.67. The molecule has 1 aromatic heterocycles. The summed E-state index contributed by atoms with van der Waals surface area (Å²) < 4.78 is 16.8. The third-order valence-corrected chi connectivity index (χ3v) is 5.43. The topological polar surface area (TPSA) is 150 Å². The molecule has 1 aliphatic heterocycles. The van der Waals surface area contributed by atoms with Crippen molar-refractivity contribution in [1.82, 2.24) is 0 Å². The third kappa shape index (κ3) is 3.30. The molecule has 30 heavy (non-hydrogen) atoms. The summed E-state index contributed by atoms with van der Waals surface area (Å²) in [5.41, 5.74) is 1.83. The van der Waals surface area contributed by atoms with Gasteiger partial charge in [0.25, 0.3) is 0 Å². The molecule has 1 aliphatic rings. The molecule has 160 valence electrons. The van der Waals surface area contributed by atoms with Crippen LogP contribution in [-0.2, 0) is 4.74 Å². The van der Waals surface area contributed by atoms with Crippen LogP contribution in [-0.4, -0.2) is 62.8 Å². The molecule has 5 atom stereocenters. The lowest BCUT2D eigenvalue weighted by Gasteiger charge is -2.39. The number of benzene rings is 2. The van der Waals surface area contributed by atoms with Crippen LogP contribution in [0.25, 0.3) is 21.9 Å². The third-order valence-electron chi connectivity index (χ3n) is 5.43. The van der Waals surface area contributed by atoms with Gasteiger partial charge in [-0.15, -0.1) is 0 Å². The average molecular weight is 418 g/mol. The highest BCUT2D eigenvalue weighted by molar-refractivity contribution is 5.94. The monoisotopic (exact) mass is 418 g/mol. The molecule has 3 aromatic rings. The molecule has 0 saturated carbocycles. The van der Waals surface area contributed by atoms with E-state index in [0.717, 1.165) is 17.2 Å². The largest absolute Gasteiger partial charge is 0.508 e. The first-order valence-electron chi connectivity index (χ1n) is 9.39. The van der Waals surface area contributed by atoms with E-state index in [9.17, 15) is 30.3 Å². The Balaban J connectivity index is 1.85.